The highest BCUT2D eigenvalue weighted by Gasteiger charge is 2.12. The highest BCUT2D eigenvalue weighted by Crippen LogP contribution is 2.30. The largest absolute Gasteiger partial charge is 0.544 e. The molecule has 0 saturated carbocycles. The van der Waals surface area contributed by atoms with Crippen LogP contribution in [-0.4, -0.2) is 22.8 Å². The standard InChI is InChI=1S/C20H15ClN2O4S/c1-2-10-26-16-5-3-4-13(11-16)12-17(19(24)25)28-20-23-22-18(27-20)14-6-8-15(21)9-7-14/h2-9,11-12H,1,10H2,(H,24,25)/p-1/b17-12-. The number of thioether (sulfide) groups is 1. The van der Waals surface area contributed by atoms with Gasteiger partial charge in [-0.1, -0.05) is 36.4 Å². The van der Waals surface area contributed by atoms with Crippen LogP contribution < -0.4 is 9.84 Å². The van der Waals surface area contributed by atoms with Crippen molar-refractivity contribution >= 4 is 35.4 Å². The molecule has 0 N–H and O–H groups in total. The van der Waals surface area contributed by atoms with Crippen molar-refractivity contribution in [2.75, 3.05) is 6.61 Å². The van der Waals surface area contributed by atoms with Gasteiger partial charge in [-0.25, -0.2) is 0 Å². The first-order valence-corrected chi connectivity index (χ1v) is 9.28. The molecule has 3 aromatic rings. The molecule has 0 aliphatic heterocycles. The van der Waals surface area contributed by atoms with Crippen LogP contribution in [0.4, 0.5) is 0 Å². The monoisotopic (exact) mass is 413 g/mol. The topological polar surface area (TPSA) is 88.3 Å². The molecule has 1 aromatic heterocycles. The third-order valence-corrected chi connectivity index (χ3v) is 4.52. The molecule has 2 aromatic carbocycles. The average Bonchev–Trinajstić information content (AvgIpc) is 3.15. The van der Waals surface area contributed by atoms with E-state index in [-0.39, 0.29) is 16.0 Å². The number of aliphatic carboxylic acids is 1. The van der Waals surface area contributed by atoms with Gasteiger partial charge < -0.3 is 19.1 Å². The van der Waals surface area contributed by atoms with Gasteiger partial charge in [-0.15, -0.1) is 10.2 Å². The van der Waals surface area contributed by atoms with Gasteiger partial charge in [0.15, 0.2) is 0 Å². The third kappa shape index (κ3) is 5.25. The SMILES string of the molecule is C=CCOc1cccc(/C=C(\Sc2nnc(-c3ccc(Cl)cc3)o2)C(=O)[O-])c1. The van der Waals surface area contributed by atoms with Crippen LogP contribution in [-0.2, 0) is 4.79 Å². The molecular formula is C20H14ClN2O4S-. The predicted octanol–water partition coefficient (Wildman–Crippen LogP) is 3.84. The fourth-order valence-corrected chi connectivity index (χ4v) is 2.98. The predicted molar refractivity (Wildman–Crippen MR) is 106 cm³/mol. The van der Waals surface area contributed by atoms with E-state index in [2.05, 4.69) is 16.8 Å². The Hall–Kier alpha value is -3.03. The molecule has 0 aliphatic rings. The molecule has 1 heterocycles. The molecule has 0 aliphatic carbocycles. The molecule has 0 saturated heterocycles. The Labute approximate surface area is 170 Å². The molecule has 8 heteroatoms. The number of carboxylic acids is 1. The molecule has 142 valence electrons. The maximum absolute atomic E-state index is 11.5. The molecule has 0 fully saturated rings. The Morgan fingerprint density at radius 1 is 1.25 bits per heavy atom. The van der Waals surface area contributed by atoms with Crippen LogP contribution in [0.5, 0.6) is 5.75 Å². The van der Waals surface area contributed by atoms with E-state index in [0.717, 1.165) is 11.8 Å². The number of hydrogen-bond acceptors (Lipinski definition) is 7. The van der Waals surface area contributed by atoms with Crippen molar-refractivity contribution in [3.05, 3.63) is 76.7 Å². The van der Waals surface area contributed by atoms with Crippen LogP contribution in [0.2, 0.25) is 5.02 Å². The molecule has 3 rings (SSSR count). The van der Waals surface area contributed by atoms with Crippen molar-refractivity contribution in [2.24, 2.45) is 0 Å². The number of benzene rings is 2. The van der Waals surface area contributed by atoms with Crippen LogP contribution >= 0.6 is 23.4 Å². The van der Waals surface area contributed by atoms with Crippen LogP contribution in [0.3, 0.4) is 0 Å². The molecule has 6 nitrogen and oxygen atoms in total. The van der Waals surface area contributed by atoms with E-state index in [9.17, 15) is 9.90 Å². The van der Waals surface area contributed by atoms with E-state index in [1.807, 2.05) is 0 Å². The Balaban J connectivity index is 1.80. The number of halogens is 1. The molecule has 0 amide bonds. The average molecular weight is 414 g/mol. The first-order valence-electron chi connectivity index (χ1n) is 8.09. The zero-order valence-corrected chi connectivity index (χ0v) is 16.1. The van der Waals surface area contributed by atoms with Gasteiger partial charge in [0.1, 0.15) is 12.4 Å². The van der Waals surface area contributed by atoms with Gasteiger partial charge in [-0.3, -0.25) is 0 Å². The summed E-state index contributed by atoms with van der Waals surface area (Å²) in [6.45, 7) is 3.94. The van der Waals surface area contributed by atoms with E-state index in [4.69, 9.17) is 20.8 Å². The quantitative estimate of drug-likeness (QED) is 0.315. The van der Waals surface area contributed by atoms with E-state index < -0.39 is 5.97 Å². The molecule has 0 spiro atoms. The van der Waals surface area contributed by atoms with Gasteiger partial charge in [0, 0.05) is 15.5 Å². The number of carbonyl (C=O) groups is 1. The van der Waals surface area contributed by atoms with Crippen molar-refractivity contribution in [2.45, 2.75) is 5.22 Å². The maximum Gasteiger partial charge on any atom is 0.281 e. The Morgan fingerprint density at radius 2 is 2.04 bits per heavy atom. The van der Waals surface area contributed by atoms with Crippen molar-refractivity contribution in [3.8, 4) is 17.2 Å². The third-order valence-electron chi connectivity index (χ3n) is 3.42. The van der Waals surface area contributed by atoms with Crippen LogP contribution in [0.25, 0.3) is 17.5 Å². The summed E-state index contributed by atoms with van der Waals surface area (Å²) in [5.41, 5.74) is 1.31. The highest BCUT2D eigenvalue weighted by atomic mass is 35.5. The van der Waals surface area contributed by atoms with E-state index in [1.54, 1.807) is 54.6 Å². The number of nitrogens with zero attached hydrogens (tertiary/aromatic N) is 2. The van der Waals surface area contributed by atoms with E-state index in [1.165, 1.54) is 6.08 Å². The van der Waals surface area contributed by atoms with Crippen LogP contribution in [0.1, 0.15) is 5.56 Å². The summed E-state index contributed by atoms with van der Waals surface area (Å²) in [5, 5.41) is 20.0. The fraction of sp³-hybridized carbons (Fsp3) is 0.0500. The minimum absolute atomic E-state index is 0.0767. The molecule has 0 unspecified atom stereocenters. The lowest BCUT2D eigenvalue weighted by atomic mass is 10.2. The number of carboxylic acid groups (broad SMARTS) is 1. The summed E-state index contributed by atoms with van der Waals surface area (Å²) in [7, 11) is 0. The molecule has 0 radical (unpaired) electrons. The van der Waals surface area contributed by atoms with Crippen molar-refractivity contribution in [1.29, 1.82) is 0 Å². The lowest BCUT2D eigenvalue weighted by Crippen LogP contribution is -2.23. The molecule has 0 atom stereocenters. The summed E-state index contributed by atoms with van der Waals surface area (Å²) in [5.74, 6) is -0.496. The van der Waals surface area contributed by atoms with Gasteiger partial charge in [-0.2, -0.15) is 0 Å². The normalized spacial score (nSPS) is 11.2. The first-order chi connectivity index (χ1) is 13.5. The van der Waals surface area contributed by atoms with Gasteiger partial charge in [0.05, 0.1) is 5.97 Å². The van der Waals surface area contributed by atoms with Gasteiger partial charge in [0.25, 0.3) is 5.22 Å². The van der Waals surface area contributed by atoms with Crippen molar-refractivity contribution < 1.29 is 19.1 Å². The highest BCUT2D eigenvalue weighted by molar-refractivity contribution is 8.03. The lowest BCUT2D eigenvalue weighted by Gasteiger charge is -2.07. The Bertz CT molecular complexity index is 1020. The fourth-order valence-electron chi connectivity index (χ4n) is 2.18. The number of ether oxygens (including phenoxy) is 1. The second-order valence-corrected chi connectivity index (χ2v) is 6.88. The summed E-state index contributed by atoms with van der Waals surface area (Å²) in [6.07, 6.45) is 3.08. The summed E-state index contributed by atoms with van der Waals surface area (Å²) in [6, 6.07) is 13.8. The summed E-state index contributed by atoms with van der Waals surface area (Å²) in [4.78, 5) is 11.5. The Morgan fingerprint density at radius 3 is 2.75 bits per heavy atom. The van der Waals surface area contributed by atoms with Gasteiger partial charge in [-0.05, 0) is 59.8 Å². The Kier molecular flexibility index (Phi) is 6.52. The van der Waals surface area contributed by atoms with Crippen molar-refractivity contribution in [3.63, 3.8) is 0 Å². The maximum atomic E-state index is 11.5. The number of rotatable bonds is 8. The lowest BCUT2D eigenvalue weighted by molar-refractivity contribution is -0.298. The smallest absolute Gasteiger partial charge is 0.281 e. The number of carbonyl (C=O) groups excluding carboxylic acids is 1. The van der Waals surface area contributed by atoms with Crippen molar-refractivity contribution in [1.82, 2.24) is 10.2 Å². The second-order valence-electron chi connectivity index (χ2n) is 5.45. The van der Waals surface area contributed by atoms with E-state index in [0.29, 0.717) is 28.5 Å². The zero-order chi connectivity index (χ0) is 19.9. The summed E-state index contributed by atoms with van der Waals surface area (Å²) < 4.78 is 11.0. The van der Waals surface area contributed by atoms with Gasteiger partial charge in [0.2, 0.25) is 5.89 Å². The second kappa shape index (κ2) is 9.25. The van der Waals surface area contributed by atoms with Crippen LogP contribution in [0.15, 0.2) is 75.7 Å². The van der Waals surface area contributed by atoms with E-state index >= 15 is 0 Å². The summed E-state index contributed by atoms with van der Waals surface area (Å²) >= 11 is 6.67. The van der Waals surface area contributed by atoms with Crippen LogP contribution in [0, 0.1) is 0 Å². The minimum Gasteiger partial charge on any atom is -0.544 e. The zero-order valence-electron chi connectivity index (χ0n) is 14.5. The minimum atomic E-state index is -1.35. The number of aromatic nitrogens is 2. The molecule has 28 heavy (non-hydrogen) atoms. The molecular weight excluding hydrogens is 400 g/mol. The molecule has 0 bridgehead atoms. The number of hydrogen-bond donors (Lipinski definition) is 0. The van der Waals surface area contributed by atoms with Gasteiger partial charge >= 0.3 is 0 Å². The first kappa shape index (κ1) is 19.7.